The van der Waals surface area contributed by atoms with Crippen molar-refractivity contribution in [2.24, 2.45) is 0 Å². The van der Waals surface area contributed by atoms with Crippen molar-refractivity contribution in [2.45, 2.75) is 0 Å². The van der Waals surface area contributed by atoms with E-state index < -0.39 is 11.8 Å². The molecule has 0 aliphatic carbocycles. The van der Waals surface area contributed by atoms with E-state index in [2.05, 4.69) is 5.43 Å². The first-order valence-corrected chi connectivity index (χ1v) is 9.64. The summed E-state index contributed by atoms with van der Waals surface area (Å²) in [5.41, 5.74) is 3.58. The van der Waals surface area contributed by atoms with E-state index in [0.29, 0.717) is 33.3 Å². The summed E-state index contributed by atoms with van der Waals surface area (Å²) >= 11 is 6.36. The summed E-state index contributed by atoms with van der Waals surface area (Å²) in [4.78, 5) is 25.6. The fourth-order valence-electron chi connectivity index (χ4n) is 2.57. The van der Waals surface area contributed by atoms with Gasteiger partial charge in [-0.3, -0.25) is 15.0 Å². The molecule has 1 aliphatic heterocycles. The third-order valence-corrected chi connectivity index (χ3v) is 5.38. The Morgan fingerprint density at radius 1 is 1.03 bits per heavy atom. The number of hydrogen-bond acceptors (Lipinski definition) is 7. The van der Waals surface area contributed by atoms with Gasteiger partial charge in [-0.1, -0.05) is 11.8 Å². The minimum atomic E-state index is -0.454. The number of carbonyl (C=O) groups excluding carboxylic acids is 2. The number of hydrogen-bond donors (Lipinski definition) is 1. The fraction of sp³-hybridized carbons (Fsp3) is 0.150. The molecule has 1 N–H and O–H groups in total. The predicted molar refractivity (Wildman–Crippen MR) is 115 cm³/mol. The zero-order valence-corrected chi connectivity index (χ0v) is 17.6. The summed E-state index contributed by atoms with van der Waals surface area (Å²) in [6.07, 6.45) is 1.65. The molecule has 0 unspecified atom stereocenters. The Kier molecular flexibility index (Phi) is 6.40. The van der Waals surface area contributed by atoms with Crippen LogP contribution in [0.4, 0.5) is 0 Å². The van der Waals surface area contributed by atoms with Crippen molar-refractivity contribution in [3.63, 3.8) is 0 Å². The Bertz CT molecular complexity index is 989. The molecule has 1 aliphatic rings. The van der Waals surface area contributed by atoms with E-state index in [-0.39, 0.29) is 4.32 Å². The zero-order valence-electron chi connectivity index (χ0n) is 15.9. The molecular formula is C20H18N2O5S2. The molecule has 2 amide bonds. The highest BCUT2D eigenvalue weighted by Gasteiger charge is 2.34. The van der Waals surface area contributed by atoms with Crippen LogP contribution in [-0.2, 0) is 4.79 Å². The summed E-state index contributed by atoms with van der Waals surface area (Å²) in [6, 6.07) is 11.8. The Morgan fingerprint density at radius 3 is 2.31 bits per heavy atom. The number of methoxy groups -OCH3 is 3. The normalized spacial score (nSPS) is 14.9. The van der Waals surface area contributed by atoms with Crippen molar-refractivity contribution in [1.82, 2.24) is 10.4 Å². The van der Waals surface area contributed by atoms with Crippen LogP contribution in [0.1, 0.15) is 15.9 Å². The van der Waals surface area contributed by atoms with Crippen molar-refractivity contribution in [1.29, 1.82) is 0 Å². The van der Waals surface area contributed by atoms with Crippen molar-refractivity contribution < 1.29 is 23.8 Å². The van der Waals surface area contributed by atoms with Gasteiger partial charge in [0.2, 0.25) is 0 Å². The van der Waals surface area contributed by atoms with Crippen LogP contribution in [0.15, 0.2) is 47.4 Å². The molecular weight excluding hydrogens is 412 g/mol. The summed E-state index contributed by atoms with van der Waals surface area (Å²) in [7, 11) is 4.64. The molecule has 2 aromatic carbocycles. The molecule has 0 atom stereocenters. The van der Waals surface area contributed by atoms with Crippen LogP contribution >= 0.6 is 24.0 Å². The monoisotopic (exact) mass is 430 g/mol. The summed E-state index contributed by atoms with van der Waals surface area (Å²) in [5.74, 6) is 0.955. The first kappa shape index (κ1) is 20.7. The highest BCUT2D eigenvalue weighted by Crippen LogP contribution is 2.34. The molecule has 0 radical (unpaired) electrons. The van der Waals surface area contributed by atoms with E-state index in [1.165, 1.54) is 0 Å². The van der Waals surface area contributed by atoms with Gasteiger partial charge in [0.1, 0.15) is 17.2 Å². The summed E-state index contributed by atoms with van der Waals surface area (Å²) in [5, 5.41) is 1.06. The standard InChI is InChI=1S/C20H18N2O5S2/c1-25-14-6-4-12(5-7-14)18(23)21-22-19(24)17(29-20(22)28)11-13-10-15(26-2)8-9-16(13)27-3/h4-11H,1-3H3,(H,21,23). The molecule has 2 aromatic rings. The summed E-state index contributed by atoms with van der Waals surface area (Å²) < 4.78 is 15.9. The highest BCUT2D eigenvalue weighted by atomic mass is 32.2. The van der Waals surface area contributed by atoms with E-state index in [0.717, 1.165) is 16.8 Å². The van der Waals surface area contributed by atoms with Gasteiger partial charge in [0.05, 0.1) is 26.2 Å². The van der Waals surface area contributed by atoms with Crippen LogP contribution < -0.4 is 19.6 Å². The van der Waals surface area contributed by atoms with Gasteiger partial charge < -0.3 is 14.2 Å². The number of thioether (sulfide) groups is 1. The molecule has 9 heteroatoms. The number of thiocarbonyl (C=S) groups is 1. The maximum Gasteiger partial charge on any atom is 0.285 e. The lowest BCUT2D eigenvalue weighted by Gasteiger charge is -2.15. The molecule has 29 heavy (non-hydrogen) atoms. The van der Waals surface area contributed by atoms with Gasteiger partial charge >= 0.3 is 0 Å². The minimum absolute atomic E-state index is 0.227. The fourth-order valence-corrected chi connectivity index (χ4v) is 3.74. The van der Waals surface area contributed by atoms with Crippen LogP contribution in [0.3, 0.4) is 0 Å². The molecule has 3 rings (SSSR count). The molecule has 0 spiro atoms. The lowest BCUT2D eigenvalue weighted by molar-refractivity contribution is -0.123. The number of nitrogens with one attached hydrogen (secondary N) is 1. The van der Waals surface area contributed by atoms with E-state index in [9.17, 15) is 9.59 Å². The molecule has 0 saturated carbocycles. The molecule has 7 nitrogen and oxygen atoms in total. The topological polar surface area (TPSA) is 77.1 Å². The van der Waals surface area contributed by atoms with E-state index in [1.54, 1.807) is 69.9 Å². The number of benzene rings is 2. The number of hydrazine groups is 1. The molecule has 150 valence electrons. The smallest absolute Gasteiger partial charge is 0.285 e. The van der Waals surface area contributed by atoms with Gasteiger partial charge in [-0.25, -0.2) is 0 Å². The summed E-state index contributed by atoms with van der Waals surface area (Å²) in [6.45, 7) is 0. The van der Waals surface area contributed by atoms with Gasteiger partial charge in [-0.2, -0.15) is 5.01 Å². The Morgan fingerprint density at radius 2 is 1.69 bits per heavy atom. The van der Waals surface area contributed by atoms with Crippen LogP contribution in [0.5, 0.6) is 17.2 Å². The number of amides is 2. The van der Waals surface area contributed by atoms with Crippen molar-refractivity contribution >= 4 is 46.2 Å². The third kappa shape index (κ3) is 4.52. The van der Waals surface area contributed by atoms with Crippen LogP contribution in [0.2, 0.25) is 0 Å². The van der Waals surface area contributed by atoms with Crippen molar-refractivity contribution in [3.05, 3.63) is 58.5 Å². The second-order valence-electron chi connectivity index (χ2n) is 5.79. The Labute approximate surface area is 177 Å². The number of ether oxygens (including phenoxy) is 3. The lowest BCUT2D eigenvalue weighted by atomic mass is 10.1. The van der Waals surface area contributed by atoms with E-state index in [4.69, 9.17) is 26.4 Å². The zero-order chi connectivity index (χ0) is 21.0. The molecule has 0 aromatic heterocycles. The van der Waals surface area contributed by atoms with Crippen LogP contribution in [0.25, 0.3) is 6.08 Å². The maximum absolute atomic E-state index is 12.8. The minimum Gasteiger partial charge on any atom is -0.497 e. The number of nitrogens with zero attached hydrogens (tertiary/aromatic N) is 1. The lowest BCUT2D eigenvalue weighted by Crippen LogP contribution is -2.44. The van der Waals surface area contributed by atoms with Gasteiger partial charge in [-0.05, 0) is 60.8 Å². The Balaban J connectivity index is 1.80. The quantitative estimate of drug-likeness (QED) is 0.557. The van der Waals surface area contributed by atoms with Gasteiger partial charge in [0.15, 0.2) is 4.32 Å². The van der Waals surface area contributed by atoms with Gasteiger partial charge in [-0.15, -0.1) is 0 Å². The SMILES string of the molecule is COc1ccc(C(=O)NN2C(=O)C(=Cc3cc(OC)ccc3OC)SC2=S)cc1. The van der Waals surface area contributed by atoms with Crippen LogP contribution in [0, 0.1) is 0 Å². The van der Waals surface area contributed by atoms with E-state index >= 15 is 0 Å². The van der Waals surface area contributed by atoms with Crippen molar-refractivity contribution in [2.75, 3.05) is 21.3 Å². The predicted octanol–water partition coefficient (Wildman–Crippen LogP) is 3.26. The highest BCUT2D eigenvalue weighted by molar-refractivity contribution is 8.26. The average molecular weight is 431 g/mol. The van der Waals surface area contributed by atoms with Gasteiger partial charge in [0, 0.05) is 11.1 Å². The van der Waals surface area contributed by atoms with E-state index in [1.807, 2.05) is 0 Å². The molecule has 1 heterocycles. The number of carbonyl (C=O) groups is 2. The van der Waals surface area contributed by atoms with Crippen molar-refractivity contribution in [3.8, 4) is 17.2 Å². The first-order valence-electron chi connectivity index (χ1n) is 8.42. The molecule has 1 fully saturated rings. The second-order valence-corrected chi connectivity index (χ2v) is 7.47. The molecule has 0 bridgehead atoms. The first-order chi connectivity index (χ1) is 14.0. The maximum atomic E-state index is 12.8. The van der Waals surface area contributed by atoms with Crippen LogP contribution in [-0.4, -0.2) is 42.5 Å². The number of rotatable bonds is 6. The Hall–Kier alpha value is -3.04. The van der Waals surface area contributed by atoms with Gasteiger partial charge in [0.25, 0.3) is 11.8 Å². The molecule has 1 saturated heterocycles. The second kappa shape index (κ2) is 8.97. The third-order valence-electron chi connectivity index (χ3n) is 4.08. The average Bonchev–Trinajstić information content (AvgIpc) is 3.01. The largest absolute Gasteiger partial charge is 0.497 e.